The van der Waals surface area contributed by atoms with Crippen molar-refractivity contribution < 1.29 is 0 Å². The molecule has 1 N–H and O–H groups in total. The van der Waals surface area contributed by atoms with E-state index < -0.39 is 0 Å². The van der Waals surface area contributed by atoms with Crippen molar-refractivity contribution in [3.05, 3.63) is 16.1 Å². The molecule has 1 rings (SSSR count). The number of hydrogen-bond donors (Lipinski definition) is 1. The van der Waals surface area contributed by atoms with Gasteiger partial charge in [-0.2, -0.15) is 0 Å². The van der Waals surface area contributed by atoms with Crippen LogP contribution in [0.5, 0.6) is 0 Å². The zero-order chi connectivity index (χ0) is 8.10. The number of nitrogens with one attached hydrogen (secondary N) is 1. The standard InChI is InChI=1S/C8H14N2S/c1-3-4-7-8(5-9-2)11-6-10-7/h6,9H,3-5H2,1-2H3. The SMILES string of the molecule is CCCc1ncsc1CNC. The van der Waals surface area contributed by atoms with Crippen LogP contribution >= 0.6 is 11.3 Å². The Labute approximate surface area is 71.7 Å². The van der Waals surface area contributed by atoms with Crippen molar-refractivity contribution in [2.75, 3.05) is 7.05 Å². The Hall–Kier alpha value is -0.410. The predicted molar refractivity (Wildman–Crippen MR) is 48.9 cm³/mol. The fraction of sp³-hybridized carbons (Fsp3) is 0.625. The van der Waals surface area contributed by atoms with Crippen LogP contribution in [-0.2, 0) is 13.0 Å². The van der Waals surface area contributed by atoms with E-state index >= 15 is 0 Å². The molecule has 0 aliphatic carbocycles. The van der Waals surface area contributed by atoms with E-state index in [1.807, 2.05) is 12.6 Å². The molecule has 0 aromatic carbocycles. The lowest BCUT2D eigenvalue weighted by Crippen LogP contribution is -2.05. The minimum atomic E-state index is 0.958. The second-order valence-corrected chi connectivity index (χ2v) is 3.44. The van der Waals surface area contributed by atoms with Gasteiger partial charge in [0.05, 0.1) is 11.2 Å². The maximum Gasteiger partial charge on any atom is 0.0798 e. The Bertz CT molecular complexity index is 187. The molecule has 0 fully saturated rings. The first-order chi connectivity index (χ1) is 5.38. The predicted octanol–water partition coefficient (Wildman–Crippen LogP) is 1.81. The molecule has 0 aliphatic rings. The number of nitrogens with zero attached hydrogens (tertiary/aromatic N) is 1. The summed E-state index contributed by atoms with van der Waals surface area (Å²) in [6.07, 6.45) is 2.29. The molecule has 1 heterocycles. The largest absolute Gasteiger partial charge is 0.315 e. The summed E-state index contributed by atoms with van der Waals surface area (Å²) < 4.78 is 0. The quantitative estimate of drug-likeness (QED) is 0.745. The summed E-state index contributed by atoms with van der Waals surface area (Å²) >= 11 is 1.74. The Morgan fingerprint density at radius 3 is 3.09 bits per heavy atom. The molecule has 3 heteroatoms. The van der Waals surface area contributed by atoms with Gasteiger partial charge in [0, 0.05) is 11.4 Å². The zero-order valence-corrected chi connectivity index (χ0v) is 7.87. The first kappa shape index (κ1) is 8.68. The van der Waals surface area contributed by atoms with Gasteiger partial charge >= 0.3 is 0 Å². The van der Waals surface area contributed by atoms with Crippen molar-refractivity contribution in [2.24, 2.45) is 0 Å². The first-order valence-corrected chi connectivity index (χ1v) is 4.82. The van der Waals surface area contributed by atoms with Gasteiger partial charge in [-0.1, -0.05) is 13.3 Å². The van der Waals surface area contributed by atoms with Gasteiger partial charge < -0.3 is 5.32 Å². The van der Waals surface area contributed by atoms with Crippen LogP contribution in [0.2, 0.25) is 0 Å². The van der Waals surface area contributed by atoms with E-state index in [1.54, 1.807) is 11.3 Å². The fourth-order valence-electron chi connectivity index (χ4n) is 1.04. The number of thiazole rings is 1. The summed E-state index contributed by atoms with van der Waals surface area (Å²) in [6, 6.07) is 0. The van der Waals surface area contributed by atoms with Crippen LogP contribution in [0.4, 0.5) is 0 Å². The van der Waals surface area contributed by atoms with Gasteiger partial charge in [-0.15, -0.1) is 11.3 Å². The highest BCUT2D eigenvalue weighted by atomic mass is 32.1. The van der Waals surface area contributed by atoms with Crippen LogP contribution in [0.3, 0.4) is 0 Å². The van der Waals surface area contributed by atoms with Crippen molar-refractivity contribution in [2.45, 2.75) is 26.3 Å². The molecule has 1 aromatic rings. The van der Waals surface area contributed by atoms with Gasteiger partial charge in [0.2, 0.25) is 0 Å². The molecule has 0 radical (unpaired) electrons. The van der Waals surface area contributed by atoms with Crippen LogP contribution in [0, 0.1) is 0 Å². The van der Waals surface area contributed by atoms with Crippen LogP contribution < -0.4 is 5.32 Å². The third-order valence-corrected chi connectivity index (χ3v) is 2.42. The van der Waals surface area contributed by atoms with Crippen LogP contribution in [0.25, 0.3) is 0 Å². The molecule has 0 bridgehead atoms. The maximum absolute atomic E-state index is 4.30. The molecular formula is C8H14N2S. The van der Waals surface area contributed by atoms with Gasteiger partial charge in [-0.05, 0) is 13.5 Å². The Balaban J connectivity index is 2.62. The van der Waals surface area contributed by atoms with Crippen molar-refractivity contribution in [1.82, 2.24) is 10.3 Å². The van der Waals surface area contributed by atoms with Crippen LogP contribution in [0.1, 0.15) is 23.9 Å². The molecule has 0 saturated heterocycles. The van der Waals surface area contributed by atoms with Gasteiger partial charge in [0.25, 0.3) is 0 Å². The highest BCUT2D eigenvalue weighted by molar-refractivity contribution is 7.09. The minimum Gasteiger partial charge on any atom is -0.315 e. The summed E-state index contributed by atoms with van der Waals surface area (Å²) in [5.74, 6) is 0. The topological polar surface area (TPSA) is 24.9 Å². The first-order valence-electron chi connectivity index (χ1n) is 3.94. The van der Waals surface area contributed by atoms with Gasteiger partial charge in [0.1, 0.15) is 0 Å². The average Bonchev–Trinajstić information content (AvgIpc) is 2.39. The summed E-state index contributed by atoms with van der Waals surface area (Å²) in [5.41, 5.74) is 3.20. The fourth-order valence-corrected chi connectivity index (χ4v) is 1.86. The highest BCUT2D eigenvalue weighted by Crippen LogP contribution is 2.14. The second-order valence-electron chi connectivity index (χ2n) is 2.50. The van der Waals surface area contributed by atoms with E-state index in [9.17, 15) is 0 Å². The normalized spacial score (nSPS) is 10.4. The third kappa shape index (κ3) is 2.27. The van der Waals surface area contributed by atoms with E-state index in [2.05, 4.69) is 17.2 Å². The van der Waals surface area contributed by atoms with E-state index in [-0.39, 0.29) is 0 Å². The van der Waals surface area contributed by atoms with Crippen molar-refractivity contribution in [1.29, 1.82) is 0 Å². The molecule has 0 unspecified atom stereocenters. The lowest BCUT2D eigenvalue weighted by Gasteiger charge is -1.98. The van der Waals surface area contributed by atoms with E-state index in [0.717, 1.165) is 13.0 Å². The van der Waals surface area contributed by atoms with Crippen LogP contribution in [0.15, 0.2) is 5.51 Å². The molecule has 0 amide bonds. The summed E-state index contributed by atoms with van der Waals surface area (Å²) in [7, 11) is 1.97. The number of aromatic nitrogens is 1. The lowest BCUT2D eigenvalue weighted by molar-refractivity contribution is 0.798. The molecule has 0 atom stereocenters. The molecular weight excluding hydrogens is 156 g/mol. The lowest BCUT2D eigenvalue weighted by atomic mass is 10.2. The monoisotopic (exact) mass is 170 g/mol. The Kier molecular flexibility index (Phi) is 3.52. The molecule has 0 saturated carbocycles. The number of aryl methyl sites for hydroxylation is 1. The van der Waals surface area contributed by atoms with Gasteiger partial charge in [-0.3, -0.25) is 0 Å². The zero-order valence-electron chi connectivity index (χ0n) is 7.05. The van der Waals surface area contributed by atoms with Crippen molar-refractivity contribution in [3.8, 4) is 0 Å². The van der Waals surface area contributed by atoms with E-state index in [4.69, 9.17) is 0 Å². The van der Waals surface area contributed by atoms with Gasteiger partial charge in [0.15, 0.2) is 0 Å². The van der Waals surface area contributed by atoms with Crippen molar-refractivity contribution in [3.63, 3.8) is 0 Å². The molecule has 1 aromatic heterocycles. The summed E-state index contributed by atoms with van der Waals surface area (Å²) in [4.78, 5) is 5.69. The molecule has 0 aliphatic heterocycles. The summed E-state index contributed by atoms with van der Waals surface area (Å²) in [6.45, 7) is 3.14. The van der Waals surface area contributed by atoms with Crippen LogP contribution in [-0.4, -0.2) is 12.0 Å². The third-order valence-electron chi connectivity index (χ3n) is 1.55. The smallest absolute Gasteiger partial charge is 0.0798 e. The second kappa shape index (κ2) is 4.46. The Morgan fingerprint density at radius 1 is 1.64 bits per heavy atom. The molecule has 11 heavy (non-hydrogen) atoms. The van der Waals surface area contributed by atoms with E-state index in [0.29, 0.717) is 0 Å². The summed E-state index contributed by atoms with van der Waals surface area (Å²) in [5, 5.41) is 3.14. The molecule has 0 spiro atoms. The minimum absolute atomic E-state index is 0.958. The Morgan fingerprint density at radius 2 is 2.45 bits per heavy atom. The van der Waals surface area contributed by atoms with Gasteiger partial charge in [-0.25, -0.2) is 4.98 Å². The van der Waals surface area contributed by atoms with E-state index in [1.165, 1.54) is 17.0 Å². The number of rotatable bonds is 4. The highest BCUT2D eigenvalue weighted by Gasteiger charge is 2.02. The molecule has 62 valence electrons. The van der Waals surface area contributed by atoms with Crippen molar-refractivity contribution >= 4 is 11.3 Å². The molecule has 2 nitrogen and oxygen atoms in total. The maximum atomic E-state index is 4.30. The number of hydrogen-bond acceptors (Lipinski definition) is 3. The average molecular weight is 170 g/mol.